The van der Waals surface area contributed by atoms with Gasteiger partial charge in [0.1, 0.15) is 5.82 Å². The van der Waals surface area contributed by atoms with Crippen molar-refractivity contribution < 1.29 is 13.6 Å². The second-order valence-electron chi connectivity index (χ2n) is 5.89. The molecule has 1 unspecified atom stereocenters. The second kappa shape index (κ2) is 8.68. The zero-order valence-corrected chi connectivity index (χ0v) is 15.7. The standard InChI is InChI=1S/C19H19FN4O2S/c1-12-5-3-4-6-16(12)22-18(25)13(2)27-19-24-23-17(26-19)11-21-15-9-7-14(20)8-10-15/h3-10,13,21H,11H2,1-2H3,(H,22,25). The lowest BCUT2D eigenvalue weighted by molar-refractivity contribution is -0.115. The molecule has 0 radical (unpaired) electrons. The molecule has 3 rings (SSSR count). The number of anilines is 2. The zero-order valence-electron chi connectivity index (χ0n) is 14.9. The van der Waals surface area contributed by atoms with Crippen LogP contribution in [-0.4, -0.2) is 21.4 Å². The molecule has 1 amide bonds. The maximum absolute atomic E-state index is 12.9. The number of benzene rings is 2. The van der Waals surface area contributed by atoms with Crippen LogP contribution in [0.5, 0.6) is 0 Å². The summed E-state index contributed by atoms with van der Waals surface area (Å²) in [6.07, 6.45) is 0. The van der Waals surface area contributed by atoms with Crippen molar-refractivity contribution in [1.29, 1.82) is 0 Å². The van der Waals surface area contributed by atoms with Gasteiger partial charge in [-0.3, -0.25) is 4.79 Å². The van der Waals surface area contributed by atoms with E-state index < -0.39 is 5.25 Å². The van der Waals surface area contributed by atoms with Crippen molar-refractivity contribution in [3.63, 3.8) is 0 Å². The lowest BCUT2D eigenvalue weighted by atomic mass is 10.2. The van der Waals surface area contributed by atoms with Gasteiger partial charge in [0, 0.05) is 11.4 Å². The summed E-state index contributed by atoms with van der Waals surface area (Å²) in [5, 5.41) is 13.8. The van der Waals surface area contributed by atoms with Gasteiger partial charge in [0.2, 0.25) is 11.8 Å². The monoisotopic (exact) mass is 386 g/mol. The summed E-state index contributed by atoms with van der Waals surface area (Å²) in [4.78, 5) is 12.3. The lowest BCUT2D eigenvalue weighted by Gasteiger charge is -2.11. The number of thioether (sulfide) groups is 1. The Hall–Kier alpha value is -2.87. The molecule has 0 fully saturated rings. The van der Waals surface area contributed by atoms with Crippen LogP contribution in [0.25, 0.3) is 0 Å². The van der Waals surface area contributed by atoms with Crippen molar-refractivity contribution in [1.82, 2.24) is 10.2 Å². The van der Waals surface area contributed by atoms with Crippen LogP contribution in [0.1, 0.15) is 18.4 Å². The van der Waals surface area contributed by atoms with E-state index in [0.717, 1.165) is 16.9 Å². The predicted molar refractivity (Wildman–Crippen MR) is 103 cm³/mol. The summed E-state index contributed by atoms with van der Waals surface area (Å²) in [6.45, 7) is 4.02. The molecule has 0 saturated carbocycles. The van der Waals surface area contributed by atoms with E-state index in [0.29, 0.717) is 17.7 Å². The van der Waals surface area contributed by atoms with Crippen LogP contribution in [0, 0.1) is 12.7 Å². The van der Waals surface area contributed by atoms with Crippen molar-refractivity contribution in [2.75, 3.05) is 10.6 Å². The molecule has 27 heavy (non-hydrogen) atoms. The van der Waals surface area contributed by atoms with Gasteiger partial charge < -0.3 is 15.1 Å². The van der Waals surface area contributed by atoms with Crippen LogP contribution in [0.2, 0.25) is 0 Å². The molecule has 0 aliphatic heterocycles. The molecule has 1 atom stereocenters. The molecule has 6 nitrogen and oxygen atoms in total. The van der Waals surface area contributed by atoms with Gasteiger partial charge in [0.15, 0.2) is 0 Å². The van der Waals surface area contributed by atoms with Crippen LogP contribution >= 0.6 is 11.8 Å². The van der Waals surface area contributed by atoms with E-state index in [2.05, 4.69) is 20.8 Å². The van der Waals surface area contributed by atoms with E-state index in [1.54, 1.807) is 19.1 Å². The molecule has 1 heterocycles. The number of nitrogens with zero attached hydrogens (tertiary/aromatic N) is 2. The largest absolute Gasteiger partial charge is 0.414 e. The Morgan fingerprint density at radius 3 is 2.67 bits per heavy atom. The van der Waals surface area contributed by atoms with E-state index in [9.17, 15) is 9.18 Å². The van der Waals surface area contributed by atoms with Crippen LogP contribution < -0.4 is 10.6 Å². The van der Waals surface area contributed by atoms with Gasteiger partial charge in [-0.2, -0.15) is 0 Å². The number of amides is 1. The highest BCUT2D eigenvalue weighted by atomic mass is 32.2. The number of hydrogen-bond donors (Lipinski definition) is 2. The molecule has 8 heteroatoms. The minimum Gasteiger partial charge on any atom is -0.414 e. The fourth-order valence-electron chi connectivity index (χ4n) is 2.25. The van der Waals surface area contributed by atoms with Crippen molar-refractivity contribution in [2.24, 2.45) is 0 Å². The molecule has 0 saturated heterocycles. The fraction of sp³-hybridized carbons (Fsp3) is 0.211. The molecule has 0 aliphatic rings. The van der Waals surface area contributed by atoms with E-state index in [4.69, 9.17) is 4.42 Å². The molecule has 2 aromatic carbocycles. The number of carbonyl (C=O) groups is 1. The van der Waals surface area contributed by atoms with Gasteiger partial charge >= 0.3 is 0 Å². The third kappa shape index (κ3) is 5.30. The first-order chi connectivity index (χ1) is 13.0. The number of carbonyl (C=O) groups excluding carboxylic acids is 1. The third-order valence-electron chi connectivity index (χ3n) is 3.79. The average molecular weight is 386 g/mol. The summed E-state index contributed by atoms with van der Waals surface area (Å²) < 4.78 is 18.4. The molecule has 0 bridgehead atoms. The summed E-state index contributed by atoms with van der Waals surface area (Å²) in [6, 6.07) is 13.6. The van der Waals surface area contributed by atoms with Crippen LogP contribution in [0.4, 0.5) is 15.8 Å². The molecule has 140 valence electrons. The number of halogens is 1. The third-order valence-corrected chi connectivity index (χ3v) is 4.72. The topological polar surface area (TPSA) is 80.0 Å². The van der Waals surface area contributed by atoms with Gasteiger partial charge in [-0.25, -0.2) is 4.39 Å². The Kier molecular flexibility index (Phi) is 6.08. The van der Waals surface area contributed by atoms with Gasteiger partial charge in [-0.1, -0.05) is 30.0 Å². The maximum Gasteiger partial charge on any atom is 0.277 e. The van der Waals surface area contributed by atoms with Crippen LogP contribution in [0.15, 0.2) is 58.2 Å². The molecule has 3 aromatic rings. The Morgan fingerprint density at radius 1 is 1.19 bits per heavy atom. The van der Waals surface area contributed by atoms with Crippen LogP contribution in [0.3, 0.4) is 0 Å². The number of rotatable bonds is 7. The number of nitrogens with one attached hydrogen (secondary N) is 2. The molecule has 0 aliphatic carbocycles. The summed E-state index contributed by atoms with van der Waals surface area (Å²) in [5.41, 5.74) is 2.52. The van der Waals surface area contributed by atoms with E-state index in [1.165, 1.54) is 23.9 Å². The second-order valence-corrected chi connectivity index (χ2v) is 7.18. The molecule has 2 N–H and O–H groups in total. The van der Waals surface area contributed by atoms with E-state index in [-0.39, 0.29) is 11.7 Å². The van der Waals surface area contributed by atoms with Gasteiger partial charge in [0.25, 0.3) is 5.22 Å². The summed E-state index contributed by atoms with van der Waals surface area (Å²) in [5.74, 6) is -0.0539. The maximum atomic E-state index is 12.9. The first-order valence-electron chi connectivity index (χ1n) is 8.36. The Labute approximate surface area is 160 Å². The highest BCUT2D eigenvalue weighted by Gasteiger charge is 2.19. The number of para-hydroxylation sites is 1. The van der Waals surface area contributed by atoms with Gasteiger partial charge in [-0.05, 0) is 49.7 Å². The Bertz CT molecular complexity index is 914. The van der Waals surface area contributed by atoms with Gasteiger partial charge in [0.05, 0.1) is 11.8 Å². The Morgan fingerprint density at radius 2 is 1.93 bits per heavy atom. The summed E-state index contributed by atoms with van der Waals surface area (Å²) >= 11 is 1.19. The summed E-state index contributed by atoms with van der Waals surface area (Å²) in [7, 11) is 0. The first kappa shape index (κ1) is 18.9. The van der Waals surface area contributed by atoms with Crippen molar-refractivity contribution in [3.8, 4) is 0 Å². The molecule has 1 aromatic heterocycles. The molecular formula is C19H19FN4O2S. The van der Waals surface area contributed by atoms with Crippen molar-refractivity contribution >= 4 is 29.0 Å². The predicted octanol–water partition coefficient (Wildman–Crippen LogP) is 4.25. The average Bonchev–Trinajstić information content (AvgIpc) is 3.10. The van der Waals surface area contributed by atoms with Crippen molar-refractivity contribution in [3.05, 3.63) is 65.8 Å². The van der Waals surface area contributed by atoms with Gasteiger partial charge in [-0.15, -0.1) is 10.2 Å². The smallest absolute Gasteiger partial charge is 0.277 e. The fourth-order valence-corrected chi connectivity index (χ4v) is 2.96. The minimum atomic E-state index is -0.400. The number of aryl methyl sites for hydroxylation is 1. The molecule has 0 spiro atoms. The lowest BCUT2D eigenvalue weighted by Crippen LogP contribution is -2.22. The molecular weight excluding hydrogens is 367 g/mol. The normalized spacial score (nSPS) is 11.8. The van der Waals surface area contributed by atoms with E-state index >= 15 is 0 Å². The number of aromatic nitrogens is 2. The zero-order chi connectivity index (χ0) is 19.2. The van der Waals surface area contributed by atoms with Crippen LogP contribution in [-0.2, 0) is 11.3 Å². The highest BCUT2D eigenvalue weighted by Crippen LogP contribution is 2.24. The minimum absolute atomic E-state index is 0.140. The first-order valence-corrected chi connectivity index (χ1v) is 9.24. The Balaban J connectivity index is 1.52. The van der Waals surface area contributed by atoms with Crippen molar-refractivity contribution in [2.45, 2.75) is 30.9 Å². The quantitative estimate of drug-likeness (QED) is 0.591. The highest BCUT2D eigenvalue weighted by molar-refractivity contribution is 8.00. The number of hydrogen-bond acceptors (Lipinski definition) is 6. The van der Waals surface area contributed by atoms with E-state index in [1.807, 2.05) is 31.2 Å². The SMILES string of the molecule is Cc1ccccc1NC(=O)C(C)Sc1nnc(CNc2ccc(F)cc2)o1.